The minimum absolute atomic E-state index is 0.239. The molecule has 1 aliphatic heterocycles. The maximum absolute atomic E-state index is 13.0. The number of rotatable bonds is 1. The van der Waals surface area contributed by atoms with Crippen molar-refractivity contribution in [2.75, 3.05) is 13.1 Å². The van der Waals surface area contributed by atoms with Gasteiger partial charge in [0.05, 0.1) is 11.1 Å². The van der Waals surface area contributed by atoms with Crippen LogP contribution in [0, 0.1) is 11.8 Å². The first-order valence-corrected chi connectivity index (χ1v) is 7.07. The zero-order chi connectivity index (χ0) is 15.0. The van der Waals surface area contributed by atoms with Crippen molar-refractivity contribution in [3.05, 3.63) is 47.5 Å². The maximum atomic E-state index is 13.0. The molecule has 2 aliphatic rings. The van der Waals surface area contributed by atoms with Gasteiger partial charge < -0.3 is 4.90 Å². The summed E-state index contributed by atoms with van der Waals surface area (Å²) < 4.78 is 39.0. The lowest BCUT2D eigenvalue weighted by Gasteiger charge is -2.19. The Morgan fingerprint density at radius 2 is 1.62 bits per heavy atom. The Hall–Kier alpha value is -1.78. The summed E-state index contributed by atoms with van der Waals surface area (Å²) in [6.45, 7) is 1.11. The molecule has 0 N–H and O–H groups in total. The van der Waals surface area contributed by atoms with Gasteiger partial charge >= 0.3 is 6.18 Å². The van der Waals surface area contributed by atoms with Gasteiger partial charge in [-0.1, -0.05) is 24.3 Å². The molecule has 1 fully saturated rings. The molecule has 0 radical (unpaired) electrons. The highest BCUT2D eigenvalue weighted by Crippen LogP contribution is 2.36. The Morgan fingerprint density at radius 3 is 2.19 bits per heavy atom. The Labute approximate surface area is 121 Å². The van der Waals surface area contributed by atoms with E-state index in [0.717, 1.165) is 18.9 Å². The second-order valence-electron chi connectivity index (χ2n) is 5.72. The molecule has 0 saturated carbocycles. The molecule has 0 bridgehead atoms. The number of alkyl halides is 3. The second-order valence-corrected chi connectivity index (χ2v) is 5.72. The summed E-state index contributed by atoms with van der Waals surface area (Å²) in [5, 5.41) is 0. The second kappa shape index (κ2) is 5.20. The zero-order valence-corrected chi connectivity index (χ0v) is 11.4. The van der Waals surface area contributed by atoms with Crippen molar-refractivity contribution in [2.24, 2.45) is 11.8 Å². The lowest BCUT2D eigenvalue weighted by Crippen LogP contribution is -2.30. The number of hydrogen-bond acceptors (Lipinski definition) is 1. The van der Waals surface area contributed by atoms with Crippen LogP contribution in [0.4, 0.5) is 13.2 Å². The zero-order valence-electron chi connectivity index (χ0n) is 11.4. The largest absolute Gasteiger partial charge is 0.417 e. The fourth-order valence-electron chi connectivity index (χ4n) is 3.27. The highest BCUT2D eigenvalue weighted by atomic mass is 19.4. The first-order valence-electron chi connectivity index (χ1n) is 7.07. The summed E-state index contributed by atoms with van der Waals surface area (Å²) in [6.07, 6.45) is 1.52. The molecular formula is C16H16F3NO. The average molecular weight is 295 g/mol. The van der Waals surface area contributed by atoms with Crippen LogP contribution >= 0.6 is 0 Å². The lowest BCUT2D eigenvalue weighted by molar-refractivity contribution is -0.138. The van der Waals surface area contributed by atoms with Gasteiger partial charge in [0.25, 0.3) is 5.91 Å². The number of benzene rings is 1. The molecule has 5 heteroatoms. The van der Waals surface area contributed by atoms with Crippen LogP contribution in [0.5, 0.6) is 0 Å². The number of fused-ring (bicyclic) bond motifs is 1. The lowest BCUT2D eigenvalue weighted by atomic mass is 9.86. The number of likely N-dealkylation sites (tertiary alicyclic amines) is 1. The van der Waals surface area contributed by atoms with E-state index in [1.807, 2.05) is 0 Å². The van der Waals surface area contributed by atoms with Crippen molar-refractivity contribution in [2.45, 2.75) is 19.0 Å². The normalized spacial score (nSPS) is 25.0. The van der Waals surface area contributed by atoms with Gasteiger partial charge in [-0.3, -0.25) is 4.79 Å². The Kier molecular flexibility index (Phi) is 3.51. The molecule has 0 spiro atoms. The monoisotopic (exact) mass is 295 g/mol. The third kappa shape index (κ3) is 2.69. The van der Waals surface area contributed by atoms with Gasteiger partial charge in [-0.2, -0.15) is 13.2 Å². The van der Waals surface area contributed by atoms with E-state index in [4.69, 9.17) is 0 Å². The average Bonchev–Trinajstić information content (AvgIpc) is 2.89. The summed E-state index contributed by atoms with van der Waals surface area (Å²) in [6, 6.07) is 5.03. The maximum Gasteiger partial charge on any atom is 0.417 e. The number of allylic oxidation sites excluding steroid dienone is 2. The van der Waals surface area contributed by atoms with Crippen molar-refractivity contribution < 1.29 is 18.0 Å². The summed E-state index contributed by atoms with van der Waals surface area (Å²) in [5.74, 6) is 0.270. The number of amides is 1. The number of halogens is 3. The van der Waals surface area contributed by atoms with Crippen LogP contribution in [0.25, 0.3) is 0 Å². The Bertz CT molecular complexity index is 563. The topological polar surface area (TPSA) is 20.3 Å². The van der Waals surface area contributed by atoms with E-state index >= 15 is 0 Å². The minimum atomic E-state index is -4.50. The van der Waals surface area contributed by atoms with Gasteiger partial charge in [0.2, 0.25) is 0 Å². The van der Waals surface area contributed by atoms with Crippen LogP contribution in [0.3, 0.4) is 0 Å². The number of carbonyl (C=O) groups excluding carboxylic acids is 1. The number of hydrogen-bond donors (Lipinski definition) is 0. The van der Waals surface area contributed by atoms with Crippen molar-refractivity contribution in [1.82, 2.24) is 4.90 Å². The molecule has 2 nitrogen and oxygen atoms in total. The van der Waals surface area contributed by atoms with E-state index in [-0.39, 0.29) is 5.56 Å². The summed E-state index contributed by atoms with van der Waals surface area (Å²) in [5.41, 5.74) is -1.08. The van der Waals surface area contributed by atoms with Gasteiger partial charge in [-0.25, -0.2) is 0 Å². The van der Waals surface area contributed by atoms with Crippen LogP contribution in [-0.2, 0) is 6.18 Å². The number of nitrogens with zero attached hydrogens (tertiary/aromatic N) is 1. The van der Waals surface area contributed by atoms with Crippen molar-refractivity contribution in [3.63, 3.8) is 0 Å². The van der Waals surface area contributed by atoms with Crippen molar-refractivity contribution in [3.8, 4) is 0 Å². The molecule has 3 rings (SSSR count). The molecule has 1 aromatic rings. The Morgan fingerprint density at radius 1 is 1.05 bits per heavy atom. The SMILES string of the molecule is O=C(c1ccccc1C(F)(F)F)N1CC2CC=CCC2C1. The predicted octanol–water partition coefficient (Wildman–Crippen LogP) is 3.74. The van der Waals surface area contributed by atoms with Gasteiger partial charge in [-0.15, -0.1) is 0 Å². The van der Waals surface area contributed by atoms with Crippen LogP contribution in [0.2, 0.25) is 0 Å². The van der Waals surface area contributed by atoms with Crippen LogP contribution < -0.4 is 0 Å². The summed E-state index contributed by atoms with van der Waals surface area (Å²) in [7, 11) is 0. The molecular weight excluding hydrogens is 279 g/mol. The molecule has 0 aromatic heterocycles. The summed E-state index contributed by atoms with van der Waals surface area (Å²) in [4.78, 5) is 14.0. The standard InChI is InChI=1S/C16H16F3NO/c17-16(18,19)14-8-4-3-7-13(14)15(21)20-9-11-5-1-2-6-12(11)10-20/h1-4,7-8,11-12H,5-6,9-10H2. The van der Waals surface area contributed by atoms with Crippen molar-refractivity contribution >= 4 is 5.91 Å². The molecule has 1 heterocycles. The van der Waals surface area contributed by atoms with Crippen LogP contribution in [0.1, 0.15) is 28.8 Å². The molecule has 1 aliphatic carbocycles. The number of carbonyl (C=O) groups is 1. The summed E-state index contributed by atoms with van der Waals surface area (Å²) >= 11 is 0. The van der Waals surface area contributed by atoms with Crippen molar-refractivity contribution in [1.29, 1.82) is 0 Å². The van der Waals surface area contributed by atoms with E-state index < -0.39 is 17.6 Å². The van der Waals surface area contributed by atoms with E-state index in [2.05, 4.69) is 12.2 Å². The fraction of sp³-hybridized carbons (Fsp3) is 0.438. The smallest absolute Gasteiger partial charge is 0.338 e. The van der Waals surface area contributed by atoms with Crippen LogP contribution in [-0.4, -0.2) is 23.9 Å². The molecule has 1 saturated heterocycles. The highest BCUT2D eigenvalue weighted by Gasteiger charge is 2.39. The molecule has 112 valence electrons. The van der Waals surface area contributed by atoms with E-state index in [1.165, 1.54) is 18.2 Å². The van der Waals surface area contributed by atoms with Gasteiger partial charge in [0, 0.05) is 13.1 Å². The van der Waals surface area contributed by atoms with Gasteiger partial charge in [0.1, 0.15) is 0 Å². The predicted molar refractivity (Wildman–Crippen MR) is 72.7 cm³/mol. The quantitative estimate of drug-likeness (QED) is 0.723. The van der Waals surface area contributed by atoms with E-state index in [0.29, 0.717) is 24.9 Å². The van der Waals surface area contributed by atoms with Gasteiger partial charge in [-0.05, 0) is 36.8 Å². The molecule has 2 atom stereocenters. The van der Waals surface area contributed by atoms with Gasteiger partial charge in [0.15, 0.2) is 0 Å². The highest BCUT2D eigenvalue weighted by molar-refractivity contribution is 5.96. The third-order valence-electron chi connectivity index (χ3n) is 4.37. The molecule has 21 heavy (non-hydrogen) atoms. The molecule has 1 aromatic carbocycles. The minimum Gasteiger partial charge on any atom is -0.338 e. The molecule has 1 amide bonds. The van der Waals surface area contributed by atoms with E-state index in [9.17, 15) is 18.0 Å². The third-order valence-corrected chi connectivity index (χ3v) is 4.37. The van der Waals surface area contributed by atoms with E-state index in [1.54, 1.807) is 4.90 Å². The van der Waals surface area contributed by atoms with Crippen LogP contribution in [0.15, 0.2) is 36.4 Å². The fourth-order valence-corrected chi connectivity index (χ4v) is 3.27. The first kappa shape index (κ1) is 14.2. The first-order chi connectivity index (χ1) is 9.97. The molecule has 2 unspecified atom stereocenters. The Balaban J connectivity index is 1.84.